The molecule has 3 aromatic rings. The maximum absolute atomic E-state index is 11.1. The monoisotopic (exact) mass is 440 g/mol. The molecular weight excluding hydrogens is 416 g/mol. The van der Waals surface area contributed by atoms with E-state index in [4.69, 9.17) is 16.6 Å². The number of aromatic nitrogens is 4. The number of carbonyl (C=O) groups excluding carboxylic acids is 1. The minimum Gasteiger partial charge on any atom is -0.481 e. The Hall–Kier alpha value is -3.90. The van der Waals surface area contributed by atoms with Crippen molar-refractivity contribution in [3.05, 3.63) is 41.7 Å². The van der Waals surface area contributed by atoms with Crippen LogP contribution in [-0.2, 0) is 16.1 Å². The first-order chi connectivity index (χ1) is 15.3. The summed E-state index contributed by atoms with van der Waals surface area (Å²) >= 11 is 0. The van der Waals surface area contributed by atoms with Gasteiger partial charge < -0.3 is 31.4 Å². The predicted octanol–water partition coefficient (Wildman–Crippen LogP) is 0.233. The number of benzene rings is 1. The molecule has 0 fully saturated rings. The van der Waals surface area contributed by atoms with Crippen molar-refractivity contribution in [3.8, 4) is 0 Å². The lowest BCUT2D eigenvalue weighted by Crippen LogP contribution is -2.34. The number of carbonyl (C=O) groups is 2. The summed E-state index contributed by atoms with van der Waals surface area (Å²) in [5.74, 6) is -0.810. The quantitative estimate of drug-likeness (QED) is 0.213. The summed E-state index contributed by atoms with van der Waals surface area (Å²) < 4.78 is 0. The number of aliphatic hydroxyl groups excluding tert-OH is 1. The summed E-state index contributed by atoms with van der Waals surface area (Å²) in [6, 6.07) is 6.27. The first kappa shape index (κ1) is 22.8. The second-order valence-corrected chi connectivity index (χ2v) is 7.19. The third kappa shape index (κ3) is 5.62. The number of aliphatic carboxylic acids is 1. The van der Waals surface area contributed by atoms with E-state index >= 15 is 0 Å². The molecule has 1 unspecified atom stereocenters. The Morgan fingerprint density at radius 1 is 1.22 bits per heavy atom. The second kappa shape index (κ2) is 9.94. The molecule has 3 rings (SSSR count). The molecule has 0 radical (unpaired) electrons. The van der Waals surface area contributed by atoms with Gasteiger partial charge >= 0.3 is 5.97 Å². The lowest BCUT2D eigenvalue weighted by atomic mass is 10.1. The van der Waals surface area contributed by atoms with Crippen molar-refractivity contribution < 1.29 is 19.8 Å². The van der Waals surface area contributed by atoms with Gasteiger partial charge in [0.2, 0.25) is 5.95 Å². The fraction of sp³-hybridized carbons (Fsp3) is 0.300. The van der Waals surface area contributed by atoms with Crippen LogP contribution in [0.1, 0.15) is 30.3 Å². The Bertz CT molecular complexity index is 1110. The number of hydrogen-bond donors (Lipinski definition) is 5. The van der Waals surface area contributed by atoms with Crippen molar-refractivity contribution in [1.82, 2.24) is 25.3 Å². The van der Waals surface area contributed by atoms with Crippen LogP contribution in [-0.4, -0.2) is 55.5 Å². The summed E-state index contributed by atoms with van der Waals surface area (Å²) in [6.45, 7) is 0.426. The molecule has 0 aliphatic rings. The Balaban J connectivity index is 1.65. The molecule has 32 heavy (non-hydrogen) atoms. The third-order valence-electron chi connectivity index (χ3n) is 4.76. The molecule has 0 saturated carbocycles. The number of rotatable bonds is 10. The number of aldehydes is 1. The number of nitrogens with one attached hydrogen (secondary N) is 1. The van der Waals surface area contributed by atoms with E-state index in [9.17, 15) is 14.7 Å². The zero-order chi connectivity index (χ0) is 23.3. The van der Waals surface area contributed by atoms with Gasteiger partial charge in [-0.25, -0.2) is 9.97 Å². The molecule has 2 aromatic heterocycles. The Morgan fingerprint density at radius 2 is 1.94 bits per heavy atom. The largest absolute Gasteiger partial charge is 0.481 e. The van der Waals surface area contributed by atoms with Crippen LogP contribution in [0, 0.1) is 0 Å². The number of fused-ring (bicyclic) bond motifs is 1. The van der Waals surface area contributed by atoms with Gasteiger partial charge in [-0.1, -0.05) is 12.1 Å². The van der Waals surface area contributed by atoms with Crippen LogP contribution in [0.5, 0.6) is 0 Å². The van der Waals surface area contributed by atoms with E-state index < -0.39 is 18.2 Å². The van der Waals surface area contributed by atoms with Crippen molar-refractivity contribution in [3.63, 3.8) is 0 Å². The molecule has 7 N–H and O–H groups in total. The van der Waals surface area contributed by atoms with E-state index in [1.165, 1.54) is 0 Å². The molecule has 0 bridgehead atoms. The Labute approximate surface area is 183 Å². The first-order valence-electron chi connectivity index (χ1n) is 9.73. The number of nitrogens with two attached hydrogens (primary N) is 2. The van der Waals surface area contributed by atoms with Gasteiger partial charge in [0.05, 0.1) is 24.5 Å². The van der Waals surface area contributed by atoms with Crippen LogP contribution in [0.3, 0.4) is 0 Å². The number of nitrogen functional groups attached to an aromatic ring is 2. The predicted molar refractivity (Wildman–Crippen MR) is 117 cm³/mol. The standard InChI is InChI=1S/C20H24N8O4/c1-28(9-13-8-23-18-16(24-13)17(21)26-20(22)27-18)14-5-2-11(3-6-14)19(32)25-12(10-29)4-7-15(30)31/h2-3,5-6,8,10,12,19,25,32H,4,7,9H2,1H3,(H,30,31)(H4,21,22,23,26,27)/t12-,19?/m1/s1. The average molecular weight is 440 g/mol. The highest BCUT2D eigenvalue weighted by Gasteiger charge is 2.16. The molecule has 1 aromatic carbocycles. The minimum atomic E-state index is -1.11. The van der Waals surface area contributed by atoms with Crippen LogP contribution in [0.4, 0.5) is 17.5 Å². The number of hydrogen-bond acceptors (Lipinski definition) is 11. The van der Waals surface area contributed by atoms with E-state index in [1.807, 2.05) is 11.9 Å². The second-order valence-electron chi connectivity index (χ2n) is 7.19. The van der Waals surface area contributed by atoms with Crippen molar-refractivity contribution in [2.75, 3.05) is 23.4 Å². The number of anilines is 3. The lowest BCUT2D eigenvalue weighted by Gasteiger charge is -2.21. The van der Waals surface area contributed by atoms with Crippen LogP contribution < -0.4 is 21.7 Å². The van der Waals surface area contributed by atoms with Gasteiger partial charge in [-0.15, -0.1) is 0 Å². The van der Waals surface area contributed by atoms with Crippen LogP contribution in [0.2, 0.25) is 0 Å². The molecule has 168 valence electrons. The molecule has 0 aliphatic carbocycles. The topological polar surface area (TPSA) is 193 Å². The molecule has 0 spiro atoms. The number of carboxylic acid groups (broad SMARTS) is 1. The van der Waals surface area contributed by atoms with Gasteiger partial charge in [0.25, 0.3) is 0 Å². The van der Waals surface area contributed by atoms with E-state index in [1.54, 1.807) is 30.5 Å². The number of carboxylic acids is 1. The van der Waals surface area contributed by atoms with Crippen LogP contribution in [0.15, 0.2) is 30.5 Å². The van der Waals surface area contributed by atoms with Gasteiger partial charge in [0.15, 0.2) is 17.0 Å². The van der Waals surface area contributed by atoms with Crippen molar-refractivity contribution in [2.45, 2.75) is 31.7 Å². The highest BCUT2D eigenvalue weighted by molar-refractivity contribution is 5.81. The molecule has 12 nitrogen and oxygen atoms in total. The van der Waals surface area contributed by atoms with E-state index in [0.717, 1.165) is 5.69 Å². The fourth-order valence-corrected chi connectivity index (χ4v) is 3.07. The molecule has 0 aliphatic heterocycles. The summed E-state index contributed by atoms with van der Waals surface area (Å²) in [5, 5.41) is 21.8. The van der Waals surface area contributed by atoms with Gasteiger partial charge in [0.1, 0.15) is 12.5 Å². The molecule has 2 atom stereocenters. The zero-order valence-corrected chi connectivity index (χ0v) is 17.3. The minimum absolute atomic E-state index is 0.0345. The molecule has 0 saturated heterocycles. The smallest absolute Gasteiger partial charge is 0.303 e. The number of aliphatic hydroxyl groups is 1. The summed E-state index contributed by atoms with van der Waals surface area (Å²) in [4.78, 5) is 40.3. The van der Waals surface area contributed by atoms with Crippen molar-refractivity contribution in [1.29, 1.82) is 0 Å². The van der Waals surface area contributed by atoms with Crippen molar-refractivity contribution >= 4 is 40.9 Å². The number of nitrogens with zero attached hydrogens (tertiary/aromatic N) is 5. The summed E-state index contributed by atoms with van der Waals surface area (Å²) in [6.07, 6.45) is 0.982. The molecule has 12 heteroatoms. The third-order valence-corrected chi connectivity index (χ3v) is 4.76. The summed E-state index contributed by atoms with van der Waals surface area (Å²) in [5.41, 5.74) is 14.2. The SMILES string of the molecule is CN(Cc1cnc2nc(N)nc(N)c2n1)c1ccc(C(O)N[C@@H](C=O)CCC(=O)O)cc1. The van der Waals surface area contributed by atoms with Crippen LogP contribution in [0.25, 0.3) is 11.2 Å². The average Bonchev–Trinajstić information content (AvgIpc) is 2.76. The Morgan fingerprint density at radius 3 is 2.59 bits per heavy atom. The highest BCUT2D eigenvalue weighted by atomic mass is 16.4. The Kier molecular flexibility index (Phi) is 7.07. The lowest BCUT2D eigenvalue weighted by molar-refractivity contribution is -0.137. The maximum atomic E-state index is 11.1. The van der Waals surface area contributed by atoms with Gasteiger partial charge in [0, 0.05) is 19.2 Å². The fourth-order valence-electron chi connectivity index (χ4n) is 3.07. The van der Waals surface area contributed by atoms with Crippen LogP contribution >= 0.6 is 0 Å². The molecular formula is C20H24N8O4. The van der Waals surface area contributed by atoms with Crippen molar-refractivity contribution in [2.24, 2.45) is 0 Å². The van der Waals surface area contributed by atoms with E-state index in [2.05, 4.69) is 25.3 Å². The zero-order valence-electron chi connectivity index (χ0n) is 17.3. The molecule has 0 amide bonds. The highest BCUT2D eigenvalue weighted by Crippen LogP contribution is 2.20. The van der Waals surface area contributed by atoms with E-state index in [-0.39, 0.29) is 24.6 Å². The van der Waals surface area contributed by atoms with E-state index in [0.29, 0.717) is 35.3 Å². The van der Waals surface area contributed by atoms with Gasteiger partial charge in [-0.2, -0.15) is 9.97 Å². The first-order valence-corrected chi connectivity index (χ1v) is 9.73. The molecule has 2 heterocycles. The van der Waals surface area contributed by atoms with Gasteiger partial charge in [-0.3, -0.25) is 10.1 Å². The maximum Gasteiger partial charge on any atom is 0.303 e. The van der Waals surface area contributed by atoms with Gasteiger partial charge in [-0.05, 0) is 24.1 Å². The summed E-state index contributed by atoms with van der Waals surface area (Å²) in [7, 11) is 1.87. The normalized spacial score (nSPS) is 12.9.